The van der Waals surface area contributed by atoms with Gasteiger partial charge in [0.1, 0.15) is 0 Å². The van der Waals surface area contributed by atoms with Crippen LogP contribution in [-0.2, 0) is 19.4 Å². The Morgan fingerprint density at radius 2 is 1.58 bits per heavy atom. The van der Waals surface area contributed by atoms with E-state index in [4.69, 9.17) is 0 Å². The Kier molecular flexibility index (Phi) is 4.26. The van der Waals surface area contributed by atoms with E-state index in [1.807, 2.05) is 6.07 Å². The molecule has 0 aromatic heterocycles. The Labute approximate surface area is 151 Å². The summed E-state index contributed by atoms with van der Waals surface area (Å²) in [6.45, 7) is 0.813. The minimum Gasteiger partial charge on any atom is -0.381 e. The monoisotopic (exact) mass is 378 g/mol. The Morgan fingerprint density at radius 1 is 0.833 bits per heavy atom. The van der Waals surface area contributed by atoms with Crippen molar-refractivity contribution in [2.45, 2.75) is 19.4 Å². The third-order valence-corrected chi connectivity index (χ3v) is 5.27. The fourth-order valence-electron chi connectivity index (χ4n) is 3.15. The number of benzene rings is 3. The highest BCUT2D eigenvalue weighted by Crippen LogP contribution is 2.31. The fourth-order valence-corrected chi connectivity index (χ4v) is 3.57. The van der Waals surface area contributed by atoms with Gasteiger partial charge >= 0.3 is 0 Å². The summed E-state index contributed by atoms with van der Waals surface area (Å²) < 4.78 is 1.14. The molecule has 0 saturated heterocycles. The molecule has 1 aliphatic rings. The maximum absolute atomic E-state index is 3.61. The summed E-state index contributed by atoms with van der Waals surface area (Å²) in [4.78, 5) is 0. The van der Waals surface area contributed by atoms with Crippen LogP contribution in [0.1, 0.15) is 16.7 Å². The minimum atomic E-state index is 0.813. The molecule has 0 aliphatic carbocycles. The third-order valence-electron chi connectivity index (χ3n) is 4.50. The average Bonchev–Trinajstić information content (AvgIpc) is 2.80. The van der Waals surface area contributed by atoms with Crippen molar-refractivity contribution in [1.82, 2.24) is 0 Å². The molecule has 24 heavy (non-hydrogen) atoms. The molecule has 0 unspecified atom stereocenters. The number of anilines is 3. The van der Waals surface area contributed by atoms with Crippen molar-refractivity contribution < 1.29 is 0 Å². The first-order valence-electron chi connectivity index (χ1n) is 8.25. The van der Waals surface area contributed by atoms with Gasteiger partial charge < -0.3 is 10.6 Å². The summed E-state index contributed by atoms with van der Waals surface area (Å²) in [6.07, 6.45) is 2.13. The molecule has 0 spiro atoms. The standard InChI is InChI=1S/C21H19BrN2/c22-19-7-3-1-6-17(19)14-23-18-11-12-21-16(13-18)10-9-15-5-2-4-8-20(15)24-21/h1-8,11-13,23-24H,9-10,14H2. The molecule has 4 rings (SSSR count). The first-order valence-corrected chi connectivity index (χ1v) is 9.04. The van der Waals surface area contributed by atoms with Crippen LogP contribution in [0.3, 0.4) is 0 Å². The highest BCUT2D eigenvalue weighted by atomic mass is 79.9. The topological polar surface area (TPSA) is 24.1 Å². The highest BCUT2D eigenvalue weighted by Gasteiger charge is 2.12. The lowest BCUT2D eigenvalue weighted by molar-refractivity contribution is 0.976. The number of hydrogen-bond acceptors (Lipinski definition) is 2. The number of rotatable bonds is 3. The first-order chi connectivity index (χ1) is 11.8. The molecule has 1 heterocycles. The van der Waals surface area contributed by atoms with Gasteiger partial charge in [0.05, 0.1) is 0 Å². The predicted octanol–water partition coefficient (Wildman–Crippen LogP) is 5.90. The van der Waals surface area contributed by atoms with E-state index in [2.05, 4.69) is 87.2 Å². The van der Waals surface area contributed by atoms with Crippen molar-refractivity contribution in [3.63, 3.8) is 0 Å². The first kappa shape index (κ1) is 15.3. The van der Waals surface area contributed by atoms with Crippen LogP contribution in [0.15, 0.2) is 71.2 Å². The summed E-state index contributed by atoms with van der Waals surface area (Å²) in [6, 6.07) is 23.5. The van der Waals surface area contributed by atoms with Crippen molar-refractivity contribution >= 4 is 33.0 Å². The van der Waals surface area contributed by atoms with Gasteiger partial charge in [0.25, 0.3) is 0 Å². The number of para-hydroxylation sites is 1. The van der Waals surface area contributed by atoms with Crippen LogP contribution < -0.4 is 10.6 Å². The van der Waals surface area contributed by atoms with Gasteiger partial charge in [-0.05, 0) is 59.9 Å². The van der Waals surface area contributed by atoms with Crippen molar-refractivity contribution in [1.29, 1.82) is 0 Å². The van der Waals surface area contributed by atoms with E-state index < -0.39 is 0 Å². The zero-order valence-electron chi connectivity index (χ0n) is 13.4. The number of halogens is 1. The molecule has 2 nitrogen and oxygen atoms in total. The Bertz CT molecular complexity index is 873. The van der Waals surface area contributed by atoms with E-state index >= 15 is 0 Å². The minimum absolute atomic E-state index is 0.813. The van der Waals surface area contributed by atoms with Crippen molar-refractivity contribution in [2.75, 3.05) is 10.6 Å². The molecule has 120 valence electrons. The number of nitrogens with one attached hydrogen (secondary N) is 2. The van der Waals surface area contributed by atoms with E-state index in [0.717, 1.165) is 29.5 Å². The normalized spacial score (nSPS) is 12.5. The molecule has 1 aliphatic heterocycles. The zero-order valence-corrected chi connectivity index (χ0v) is 14.9. The molecule has 3 aromatic rings. The van der Waals surface area contributed by atoms with E-state index in [0.29, 0.717) is 0 Å². The lowest BCUT2D eigenvalue weighted by Crippen LogP contribution is -2.01. The summed E-state index contributed by atoms with van der Waals surface area (Å²) in [5.41, 5.74) is 7.62. The van der Waals surface area contributed by atoms with Crippen LogP contribution in [0.4, 0.5) is 17.1 Å². The Morgan fingerprint density at radius 3 is 2.50 bits per heavy atom. The van der Waals surface area contributed by atoms with Gasteiger partial charge in [0, 0.05) is 28.1 Å². The van der Waals surface area contributed by atoms with Gasteiger partial charge in [0.2, 0.25) is 0 Å². The quantitative estimate of drug-likeness (QED) is 0.592. The molecule has 0 fully saturated rings. The Hall–Kier alpha value is -2.26. The molecule has 0 bridgehead atoms. The summed E-state index contributed by atoms with van der Waals surface area (Å²) in [5.74, 6) is 0. The summed E-state index contributed by atoms with van der Waals surface area (Å²) >= 11 is 3.61. The van der Waals surface area contributed by atoms with Crippen LogP contribution in [0.5, 0.6) is 0 Å². The number of fused-ring (bicyclic) bond motifs is 2. The van der Waals surface area contributed by atoms with E-state index in [1.54, 1.807) is 0 Å². The second kappa shape index (κ2) is 6.70. The van der Waals surface area contributed by atoms with Crippen LogP contribution in [0, 0.1) is 0 Å². The van der Waals surface area contributed by atoms with Gasteiger partial charge in [-0.25, -0.2) is 0 Å². The lowest BCUT2D eigenvalue weighted by atomic mass is 10.0. The molecular formula is C21H19BrN2. The molecular weight excluding hydrogens is 360 g/mol. The van der Waals surface area contributed by atoms with Crippen molar-refractivity contribution in [3.05, 3.63) is 87.9 Å². The largest absolute Gasteiger partial charge is 0.381 e. The van der Waals surface area contributed by atoms with E-state index in [-0.39, 0.29) is 0 Å². The average molecular weight is 379 g/mol. The van der Waals surface area contributed by atoms with Gasteiger partial charge in [0.15, 0.2) is 0 Å². The van der Waals surface area contributed by atoms with E-state index in [9.17, 15) is 0 Å². The summed E-state index contributed by atoms with van der Waals surface area (Å²) in [5, 5.41) is 7.11. The van der Waals surface area contributed by atoms with Crippen LogP contribution in [-0.4, -0.2) is 0 Å². The lowest BCUT2D eigenvalue weighted by Gasteiger charge is -2.13. The maximum Gasteiger partial charge on any atom is 0.0418 e. The second-order valence-electron chi connectivity index (χ2n) is 6.10. The molecule has 0 atom stereocenters. The van der Waals surface area contributed by atoms with Gasteiger partial charge in [-0.1, -0.05) is 52.3 Å². The third kappa shape index (κ3) is 3.17. The summed E-state index contributed by atoms with van der Waals surface area (Å²) in [7, 11) is 0. The van der Waals surface area contributed by atoms with Crippen LogP contribution in [0.2, 0.25) is 0 Å². The number of hydrogen-bond donors (Lipinski definition) is 2. The smallest absolute Gasteiger partial charge is 0.0418 e. The van der Waals surface area contributed by atoms with Crippen molar-refractivity contribution in [3.8, 4) is 0 Å². The van der Waals surface area contributed by atoms with Gasteiger partial charge in [-0.2, -0.15) is 0 Å². The molecule has 3 heteroatoms. The Balaban J connectivity index is 1.53. The molecule has 0 saturated carbocycles. The zero-order chi connectivity index (χ0) is 16.4. The fraction of sp³-hybridized carbons (Fsp3) is 0.143. The van der Waals surface area contributed by atoms with Crippen molar-refractivity contribution in [2.24, 2.45) is 0 Å². The molecule has 0 amide bonds. The highest BCUT2D eigenvalue weighted by molar-refractivity contribution is 9.10. The maximum atomic E-state index is 3.61. The molecule has 0 radical (unpaired) electrons. The van der Waals surface area contributed by atoms with Crippen LogP contribution >= 0.6 is 15.9 Å². The van der Waals surface area contributed by atoms with Crippen LogP contribution in [0.25, 0.3) is 0 Å². The number of aryl methyl sites for hydroxylation is 2. The second-order valence-corrected chi connectivity index (χ2v) is 6.95. The molecule has 2 N–H and O–H groups in total. The SMILES string of the molecule is Brc1ccccc1CNc1ccc2c(c1)CCc1ccccc1N2. The molecule has 3 aromatic carbocycles. The predicted molar refractivity (Wildman–Crippen MR) is 105 cm³/mol. The van der Waals surface area contributed by atoms with Gasteiger partial charge in [-0.3, -0.25) is 0 Å². The van der Waals surface area contributed by atoms with E-state index in [1.165, 1.54) is 28.1 Å². The van der Waals surface area contributed by atoms with Gasteiger partial charge in [-0.15, -0.1) is 0 Å².